The Balaban J connectivity index is 1.64. The Hall–Kier alpha value is -2.93. The molecule has 0 spiro atoms. The maximum absolute atomic E-state index is 12.7. The van der Waals surface area contributed by atoms with Gasteiger partial charge in [-0.1, -0.05) is 29.8 Å². The minimum atomic E-state index is -0.714. The Kier molecular flexibility index (Phi) is 6.17. The lowest BCUT2D eigenvalue weighted by Crippen LogP contribution is -2.39. The number of rotatable bonds is 7. The Morgan fingerprint density at radius 3 is 2.48 bits per heavy atom. The SMILES string of the molecule is CN(C)c1ccc(-c2nnn(CC(C)(C)C(=O)NCc3ccccc3Cl)n2)cc1. The lowest BCUT2D eigenvalue weighted by molar-refractivity contribution is -0.130. The number of halogens is 1. The first kappa shape index (κ1) is 20.8. The van der Waals surface area contributed by atoms with Crippen LogP contribution in [0.4, 0.5) is 5.69 Å². The fourth-order valence-corrected chi connectivity index (χ4v) is 3.02. The highest BCUT2D eigenvalue weighted by atomic mass is 35.5. The molecule has 0 saturated carbocycles. The summed E-state index contributed by atoms with van der Waals surface area (Å²) in [6.45, 7) is 4.38. The molecular weight excluding hydrogens is 388 g/mol. The third-order valence-electron chi connectivity index (χ3n) is 4.64. The number of carbonyl (C=O) groups excluding carboxylic acids is 1. The summed E-state index contributed by atoms with van der Waals surface area (Å²) in [5.41, 5.74) is 2.13. The molecule has 7 nitrogen and oxygen atoms in total. The molecule has 3 rings (SSSR count). The van der Waals surface area contributed by atoms with Gasteiger partial charge in [-0.05, 0) is 55.0 Å². The zero-order valence-corrected chi connectivity index (χ0v) is 17.8. The van der Waals surface area contributed by atoms with Crippen LogP contribution >= 0.6 is 11.6 Å². The normalized spacial score (nSPS) is 11.3. The number of anilines is 1. The highest BCUT2D eigenvalue weighted by Gasteiger charge is 2.29. The predicted molar refractivity (Wildman–Crippen MR) is 115 cm³/mol. The average molecular weight is 413 g/mol. The molecule has 1 aromatic heterocycles. The predicted octanol–water partition coefficient (Wildman–Crippen LogP) is 3.40. The van der Waals surface area contributed by atoms with Crippen molar-refractivity contribution < 1.29 is 4.79 Å². The van der Waals surface area contributed by atoms with Gasteiger partial charge in [0.15, 0.2) is 0 Å². The van der Waals surface area contributed by atoms with Gasteiger partial charge in [-0.15, -0.1) is 10.2 Å². The highest BCUT2D eigenvalue weighted by molar-refractivity contribution is 6.31. The van der Waals surface area contributed by atoms with E-state index in [1.165, 1.54) is 4.80 Å². The van der Waals surface area contributed by atoms with Crippen molar-refractivity contribution in [2.75, 3.05) is 19.0 Å². The number of aromatic nitrogens is 4. The molecule has 0 aliphatic heterocycles. The summed E-state index contributed by atoms with van der Waals surface area (Å²) in [5, 5.41) is 16.2. The molecule has 1 amide bonds. The molecule has 1 heterocycles. The fraction of sp³-hybridized carbons (Fsp3) is 0.333. The molecule has 29 heavy (non-hydrogen) atoms. The van der Waals surface area contributed by atoms with Crippen molar-refractivity contribution in [1.82, 2.24) is 25.5 Å². The molecule has 1 N–H and O–H groups in total. The van der Waals surface area contributed by atoms with Crippen LogP contribution in [-0.2, 0) is 17.9 Å². The molecule has 152 valence electrons. The van der Waals surface area contributed by atoms with Gasteiger partial charge >= 0.3 is 0 Å². The lowest BCUT2D eigenvalue weighted by Gasteiger charge is -2.22. The quantitative estimate of drug-likeness (QED) is 0.643. The van der Waals surface area contributed by atoms with Crippen LogP contribution < -0.4 is 10.2 Å². The van der Waals surface area contributed by atoms with Gasteiger partial charge in [-0.25, -0.2) is 0 Å². The molecular formula is C21H25ClN6O. The molecule has 0 unspecified atom stereocenters. The van der Waals surface area contributed by atoms with Crippen LogP contribution in [0.25, 0.3) is 11.4 Å². The van der Waals surface area contributed by atoms with Crippen molar-refractivity contribution in [3.63, 3.8) is 0 Å². The Morgan fingerprint density at radius 1 is 1.14 bits per heavy atom. The summed E-state index contributed by atoms with van der Waals surface area (Å²) in [4.78, 5) is 16.2. The first-order valence-corrected chi connectivity index (χ1v) is 9.71. The maximum Gasteiger partial charge on any atom is 0.227 e. The van der Waals surface area contributed by atoms with Gasteiger partial charge in [0, 0.05) is 36.9 Å². The van der Waals surface area contributed by atoms with Crippen molar-refractivity contribution in [3.8, 4) is 11.4 Å². The molecule has 0 fully saturated rings. The molecule has 0 radical (unpaired) electrons. The number of amides is 1. The first-order chi connectivity index (χ1) is 13.8. The van der Waals surface area contributed by atoms with Crippen molar-refractivity contribution >= 4 is 23.2 Å². The second-order valence-corrected chi connectivity index (χ2v) is 8.15. The van der Waals surface area contributed by atoms with Gasteiger partial charge in [-0.3, -0.25) is 4.79 Å². The molecule has 2 aromatic carbocycles. The fourth-order valence-electron chi connectivity index (χ4n) is 2.82. The Bertz CT molecular complexity index is 981. The van der Waals surface area contributed by atoms with Crippen LogP contribution in [0, 0.1) is 5.41 Å². The molecule has 0 bridgehead atoms. The van der Waals surface area contributed by atoms with Crippen LogP contribution in [0.1, 0.15) is 19.4 Å². The minimum absolute atomic E-state index is 0.105. The lowest BCUT2D eigenvalue weighted by atomic mass is 9.92. The van der Waals surface area contributed by atoms with Crippen molar-refractivity contribution in [1.29, 1.82) is 0 Å². The maximum atomic E-state index is 12.7. The third kappa shape index (κ3) is 5.12. The minimum Gasteiger partial charge on any atom is -0.378 e. The van der Waals surface area contributed by atoms with Crippen molar-refractivity contribution in [2.45, 2.75) is 26.9 Å². The summed E-state index contributed by atoms with van der Waals surface area (Å²) >= 11 is 6.15. The summed E-state index contributed by atoms with van der Waals surface area (Å²) in [7, 11) is 3.98. The molecule has 3 aromatic rings. The topological polar surface area (TPSA) is 75.9 Å². The van der Waals surface area contributed by atoms with E-state index in [1.807, 2.05) is 75.3 Å². The van der Waals surface area contributed by atoms with E-state index in [1.54, 1.807) is 6.07 Å². The zero-order chi connectivity index (χ0) is 21.0. The third-order valence-corrected chi connectivity index (χ3v) is 5.01. The zero-order valence-electron chi connectivity index (χ0n) is 17.1. The first-order valence-electron chi connectivity index (χ1n) is 9.33. The monoisotopic (exact) mass is 412 g/mol. The van der Waals surface area contributed by atoms with Crippen molar-refractivity contribution in [3.05, 3.63) is 59.1 Å². The Morgan fingerprint density at radius 2 is 1.83 bits per heavy atom. The summed E-state index contributed by atoms with van der Waals surface area (Å²) < 4.78 is 0. The number of nitrogens with one attached hydrogen (secondary N) is 1. The number of hydrogen-bond donors (Lipinski definition) is 1. The number of hydrogen-bond acceptors (Lipinski definition) is 5. The summed E-state index contributed by atoms with van der Waals surface area (Å²) in [6, 6.07) is 15.4. The van der Waals surface area contributed by atoms with E-state index in [0.29, 0.717) is 23.9 Å². The molecule has 0 aliphatic carbocycles. The van der Waals surface area contributed by atoms with Gasteiger partial charge < -0.3 is 10.2 Å². The van der Waals surface area contributed by atoms with Crippen LogP contribution in [0.2, 0.25) is 5.02 Å². The largest absolute Gasteiger partial charge is 0.378 e. The number of benzene rings is 2. The molecule has 0 aliphatic rings. The van der Waals surface area contributed by atoms with Crippen molar-refractivity contribution in [2.24, 2.45) is 5.41 Å². The molecule has 0 atom stereocenters. The second kappa shape index (κ2) is 8.61. The standard InChI is InChI=1S/C21H25ClN6O/c1-21(2,20(29)23-13-16-7-5-6-8-18(16)22)14-28-25-19(24-26-28)15-9-11-17(12-10-15)27(3)4/h5-12H,13-14H2,1-4H3,(H,23,29). The number of tetrazole rings is 1. The summed E-state index contributed by atoms with van der Waals surface area (Å²) in [6.07, 6.45) is 0. The van der Waals surface area contributed by atoms with Gasteiger partial charge in [0.25, 0.3) is 0 Å². The van der Waals surface area contributed by atoms with Crippen LogP contribution in [0.3, 0.4) is 0 Å². The smallest absolute Gasteiger partial charge is 0.227 e. The molecule has 0 saturated heterocycles. The van der Waals surface area contributed by atoms with E-state index in [9.17, 15) is 4.79 Å². The van der Waals surface area contributed by atoms with E-state index in [4.69, 9.17) is 11.6 Å². The average Bonchev–Trinajstić information content (AvgIpc) is 3.15. The van der Waals surface area contributed by atoms with E-state index >= 15 is 0 Å². The van der Waals surface area contributed by atoms with Gasteiger partial charge in [0.2, 0.25) is 11.7 Å². The molecule has 8 heteroatoms. The highest BCUT2D eigenvalue weighted by Crippen LogP contribution is 2.21. The van der Waals surface area contributed by atoms with Gasteiger partial charge in [0.1, 0.15) is 0 Å². The van der Waals surface area contributed by atoms with Crippen LogP contribution in [0.5, 0.6) is 0 Å². The second-order valence-electron chi connectivity index (χ2n) is 7.74. The number of nitrogens with zero attached hydrogens (tertiary/aromatic N) is 5. The van der Waals surface area contributed by atoms with Crippen LogP contribution in [0.15, 0.2) is 48.5 Å². The van der Waals surface area contributed by atoms with E-state index in [-0.39, 0.29) is 5.91 Å². The summed E-state index contributed by atoms with van der Waals surface area (Å²) in [5.74, 6) is 0.425. The van der Waals surface area contributed by atoms with E-state index < -0.39 is 5.41 Å². The van der Waals surface area contributed by atoms with Crippen LogP contribution in [-0.4, -0.2) is 40.2 Å². The number of carbonyl (C=O) groups is 1. The Labute approximate surface area is 175 Å². The van der Waals surface area contributed by atoms with E-state index in [2.05, 4.69) is 20.7 Å². The van der Waals surface area contributed by atoms with Gasteiger partial charge in [0.05, 0.1) is 12.0 Å². The van der Waals surface area contributed by atoms with Gasteiger partial charge in [-0.2, -0.15) is 4.80 Å². The van der Waals surface area contributed by atoms with E-state index in [0.717, 1.165) is 16.8 Å².